The third kappa shape index (κ3) is 5.61. The molecule has 6 heteroatoms. The predicted octanol–water partition coefficient (Wildman–Crippen LogP) is 14.4. The van der Waals surface area contributed by atoms with Gasteiger partial charge in [-0.15, -0.1) is 0 Å². The number of anilines is 6. The standard InChI is InChI=1S/C62H42BFN4/c1-39-27-29-56-49(31-39)51-35-46(65(42-17-7-3-8-18-42)43-19-9-4-10-20-43)37-53-61(51)67(56)58-33-41(48-25-15-16-26-55(48)64)34-59-60(58)63(53)54-38-47(36-52-50-32-40(2)28-30-57(50)68(59)62(52)54)66(44-21-11-5-12-22-44)45-23-13-6-14-24-45/h3-38H,1-2H3. The minimum atomic E-state index is -0.238. The van der Waals surface area contributed by atoms with E-state index in [1.807, 2.05) is 12.1 Å². The van der Waals surface area contributed by atoms with Crippen LogP contribution in [-0.4, -0.2) is 15.8 Å². The molecule has 0 amide bonds. The average Bonchev–Trinajstić information content (AvgIpc) is 3.88. The summed E-state index contributed by atoms with van der Waals surface area (Å²) in [6.07, 6.45) is 0. The summed E-state index contributed by atoms with van der Waals surface area (Å²) in [7, 11) is 0. The van der Waals surface area contributed by atoms with Gasteiger partial charge in [0.1, 0.15) is 5.82 Å². The van der Waals surface area contributed by atoms with Crippen LogP contribution in [0.3, 0.4) is 0 Å². The fraction of sp³-hybridized carbons (Fsp3) is 0.0323. The quantitative estimate of drug-likeness (QED) is 0.148. The molecule has 12 aromatic rings. The number of rotatable bonds is 7. The number of hydrogen-bond donors (Lipinski definition) is 0. The van der Waals surface area contributed by atoms with E-state index < -0.39 is 0 Å². The summed E-state index contributed by atoms with van der Waals surface area (Å²) in [5.74, 6) is -0.238. The van der Waals surface area contributed by atoms with Crippen molar-refractivity contribution in [3.63, 3.8) is 0 Å². The number of hydrogen-bond acceptors (Lipinski definition) is 2. The number of halogens is 1. The molecule has 0 saturated carbocycles. The summed E-state index contributed by atoms with van der Waals surface area (Å²) in [5.41, 5.74) is 20.7. The van der Waals surface area contributed by atoms with Crippen LogP contribution in [0.25, 0.3) is 66.1 Å². The fourth-order valence-corrected chi connectivity index (χ4v) is 11.6. The monoisotopic (exact) mass is 872 g/mol. The second-order valence-corrected chi connectivity index (χ2v) is 18.4. The number of nitrogens with zero attached hydrogens (tertiary/aromatic N) is 4. The molecule has 0 bridgehead atoms. The van der Waals surface area contributed by atoms with Gasteiger partial charge in [-0.3, -0.25) is 0 Å². The molecular formula is C62H42BFN4. The van der Waals surface area contributed by atoms with Crippen LogP contribution in [0.4, 0.5) is 38.5 Å². The van der Waals surface area contributed by atoms with Crippen molar-refractivity contribution in [2.75, 3.05) is 9.80 Å². The van der Waals surface area contributed by atoms with E-state index in [4.69, 9.17) is 0 Å². The van der Waals surface area contributed by atoms with Gasteiger partial charge in [-0.25, -0.2) is 4.39 Å². The number of benzene rings is 10. The van der Waals surface area contributed by atoms with Gasteiger partial charge in [0.05, 0.1) is 11.0 Å². The molecule has 0 fully saturated rings. The van der Waals surface area contributed by atoms with Crippen LogP contribution in [-0.2, 0) is 0 Å². The van der Waals surface area contributed by atoms with E-state index in [1.165, 1.54) is 60.1 Å². The molecule has 2 aliphatic heterocycles. The van der Waals surface area contributed by atoms with Crippen LogP contribution in [0.15, 0.2) is 218 Å². The van der Waals surface area contributed by atoms with Crippen molar-refractivity contribution >= 4 is 101 Å². The molecule has 0 N–H and O–H groups in total. The summed E-state index contributed by atoms with van der Waals surface area (Å²) < 4.78 is 21.2. The molecule has 0 radical (unpaired) electrons. The first-order chi connectivity index (χ1) is 33.5. The molecule has 320 valence electrons. The van der Waals surface area contributed by atoms with Crippen LogP contribution >= 0.6 is 0 Å². The number of fused-ring (bicyclic) bond motifs is 10. The van der Waals surface area contributed by atoms with Crippen molar-refractivity contribution in [1.29, 1.82) is 0 Å². The molecule has 0 aliphatic carbocycles. The average molecular weight is 873 g/mol. The first kappa shape index (κ1) is 38.6. The van der Waals surface area contributed by atoms with Gasteiger partial charge in [-0.2, -0.15) is 0 Å². The molecular weight excluding hydrogens is 831 g/mol. The minimum absolute atomic E-state index is 0.197. The van der Waals surface area contributed by atoms with E-state index in [0.29, 0.717) is 5.56 Å². The predicted molar refractivity (Wildman–Crippen MR) is 284 cm³/mol. The maximum absolute atomic E-state index is 16.2. The molecule has 14 rings (SSSR count). The highest BCUT2D eigenvalue weighted by Gasteiger charge is 2.42. The zero-order valence-electron chi connectivity index (χ0n) is 37.5. The Balaban J connectivity index is 1.18. The van der Waals surface area contributed by atoms with Crippen LogP contribution in [0.5, 0.6) is 0 Å². The largest absolute Gasteiger partial charge is 0.311 e. The summed E-state index contributed by atoms with van der Waals surface area (Å²) in [6.45, 7) is 4.16. The summed E-state index contributed by atoms with van der Waals surface area (Å²) in [5, 5.41) is 4.74. The Kier molecular flexibility index (Phi) is 8.35. The molecule has 68 heavy (non-hydrogen) atoms. The number of aryl methyl sites for hydroxylation is 2. The second kappa shape index (κ2) is 14.7. The Labute approximate surface area is 394 Å². The molecule has 2 aliphatic rings. The van der Waals surface area contributed by atoms with Gasteiger partial charge in [-0.05, 0) is 151 Å². The normalized spacial score (nSPS) is 12.3. The molecule has 0 unspecified atom stereocenters. The molecule has 0 saturated heterocycles. The Hall–Kier alpha value is -8.61. The Morgan fingerprint density at radius 3 is 1.19 bits per heavy atom. The molecule has 4 heterocycles. The molecule has 10 aromatic carbocycles. The van der Waals surface area contributed by atoms with E-state index in [9.17, 15) is 0 Å². The highest BCUT2D eigenvalue weighted by Crippen LogP contribution is 2.46. The van der Waals surface area contributed by atoms with Gasteiger partial charge in [-0.1, -0.05) is 114 Å². The third-order valence-electron chi connectivity index (χ3n) is 14.3. The molecule has 0 spiro atoms. The lowest BCUT2D eigenvalue weighted by Crippen LogP contribution is -2.59. The van der Waals surface area contributed by atoms with E-state index in [0.717, 1.165) is 62.1 Å². The van der Waals surface area contributed by atoms with Gasteiger partial charge in [0.15, 0.2) is 0 Å². The summed E-state index contributed by atoms with van der Waals surface area (Å²) in [6, 6.07) is 78.0. The van der Waals surface area contributed by atoms with Crippen LogP contribution in [0.2, 0.25) is 0 Å². The van der Waals surface area contributed by atoms with Crippen molar-refractivity contribution < 1.29 is 4.39 Å². The van der Waals surface area contributed by atoms with Crippen molar-refractivity contribution in [2.24, 2.45) is 0 Å². The first-order valence-corrected chi connectivity index (χ1v) is 23.4. The summed E-state index contributed by atoms with van der Waals surface area (Å²) >= 11 is 0. The molecule has 0 atom stereocenters. The van der Waals surface area contributed by atoms with Crippen molar-refractivity contribution in [3.8, 4) is 22.5 Å². The van der Waals surface area contributed by atoms with E-state index >= 15 is 4.39 Å². The minimum Gasteiger partial charge on any atom is -0.311 e. The van der Waals surface area contributed by atoms with Crippen LogP contribution in [0.1, 0.15) is 11.1 Å². The van der Waals surface area contributed by atoms with Gasteiger partial charge in [0.25, 0.3) is 6.71 Å². The van der Waals surface area contributed by atoms with Gasteiger partial charge in [0, 0.05) is 83.6 Å². The van der Waals surface area contributed by atoms with Gasteiger partial charge < -0.3 is 18.9 Å². The summed E-state index contributed by atoms with van der Waals surface area (Å²) in [4.78, 5) is 4.79. The topological polar surface area (TPSA) is 16.3 Å². The zero-order valence-corrected chi connectivity index (χ0v) is 37.5. The maximum Gasteiger partial charge on any atom is 0.252 e. The highest BCUT2D eigenvalue weighted by atomic mass is 19.1. The third-order valence-corrected chi connectivity index (χ3v) is 14.3. The molecule has 4 nitrogen and oxygen atoms in total. The van der Waals surface area contributed by atoms with Crippen molar-refractivity contribution in [3.05, 3.63) is 235 Å². The molecule has 2 aromatic heterocycles. The van der Waals surface area contributed by atoms with Crippen LogP contribution < -0.4 is 26.2 Å². The van der Waals surface area contributed by atoms with Crippen molar-refractivity contribution in [1.82, 2.24) is 9.13 Å². The number of aromatic nitrogens is 2. The van der Waals surface area contributed by atoms with E-state index in [2.05, 4.69) is 227 Å². The Morgan fingerprint density at radius 1 is 0.382 bits per heavy atom. The van der Waals surface area contributed by atoms with Crippen LogP contribution in [0, 0.1) is 19.7 Å². The lowest BCUT2D eigenvalue weighted by atomic mass is 9.34. The highest BCUT2D eigenvalue weighted by molar-refractivity contribution is 7.00. The lowest BCUT2D eigenvalue weighted by Gasteiger charge is -2.36. The SMILES string of the molecule is Cc1ccc2c(c1)c1cc(N(c3ccccc3)c3ccccc3)cc3c1n2-c1cc(-c2ccccc2F)cc2c1B3c1cc(N(c3ccccc3)c3ccccc3)cc3c4cc(C)ccc4n-2c13. The van der Waals surface area contributed by atoms with Gasteiger partial charge in [0.2, 0.25) is 0 Å². The lowest BCUT2D eigenvalue weighted by molar-refractivity contribution is 0.631. The smallest absolute Gasteiger partial charge is 0.252 e. The fourth-order valence-electron chi connectivity index (χ4n) is 11.6. The number of para-hydroxylation sites is 4. The van der Waals surface area contributed by atoms with Gasteiger partial charge >= 0.3 is 0 Å². The van der Waals surface area contributed by atoms with E-state index in [-0.39, 0.29) is 12.5 Å². The van der Waals surface area contributed by atoms with Crippen molar-refractivity contribution in [2.45, 2.75) is 13.8 Å². The Morgan fingerprint density at radius 2 is 0.779 bits per heavy atom. The second-order valence-electron chi connectivity index (χ2n) is 18.4. The Bertz CT molecular complexity index is 3700. The zero-order chi connectivity index (χ0) is 45.2. The van der Waals surface area contributed by atoms with E-state index in [1.54, 1.807) is 12.1 Å². The maximum atomic E-state index is 16.2. The first-order valence-electron chi connectivity index (χ1n) is 23.4.